The van der Waals surface area contributed by atoms with E-state index in [1.54, 1.807) is 37.4 Å². The molecule has 0 saturated heterocycles. The Labute approximate surface area is 161 Å². The van der Waals surface area contributed by atoms with Crippen molar-refractivity contribution in [1.29, 1.82) is 0 Å². The van der Waals surface area contributed by atoms with E-state index in [0.717, 1.165) is 10.2 Å². The number of hydrogen-bond donors (Lipinski definition) is 2. The van der Waals surface area contributed by atoms with Gasteiger partial charge in [-0.3, -0.25) is 9.59 Å². The van der Waals surface area contributed by atoms with Crippen molar-refractivity contribution in [3.63, 3.8) is 0 Å². The molecule has 0 aliphatic carbocycles. The van der Waals surface area contributed by atoms with Gasteiger partial charge in [-0.1, -0.05) is 22.0 Å². The third-order valence-corrected chi connectivity index (χ3v) is 4.15. The van der Waals surface area contributed by atoms with Crippen molar-refractivity contribution in [2.75, 3.05) is 44.6 Å². The predicted octanol–water partition coefficient (Wildman–Crippen LogP) is 3.14. The molecule has 6 nitrogen and oxygen atoms in total. The number of nitrogens with one attached hydrogen (secondary N) is 2. The third-order valence-electron chi connectivity index (χ3n) is 3.66. The summed E-state index contributed by atoms with van der Waals surface area (Å²) in [5, 5.41) is 5.64. The van der Waals surface area contributed by atoms with Crippen LogP contribution in [-0.4, -0.2) is 46.2 Å². The summed E-state index contributed by atoms with van der Waals surface area (Å²) in [6.07, 6.45) is 0. The third kappa shape index (κ3) is 5.31. The molecular formula is C19H22BrN3O3. The molecule has 0 radical (unpaired) electrons. The van der Waals surface area contributed by atoms with Gasteiger partial charge in [-0.15, -0.1) is 0 Å². The van der Waals surface area contributed by atoms with Crippen LogP contribution in [0.3, 0.4) is 0 Å². The lowest BCUT2D eigenvalue weighted by Gasteiger charge is -2.18. The van der Waals surface area contributed by atoms with Crippen molar-refractivity contribution >= 4 is 39.1 Å². The van der Waals surface area contributed by atoms with E-state index in [9.17, 15) is 9.59 Å². The van der Waals surface area contributed by atoms with Crippen LogP contribution in [0.1, 0.15) is 20.7 Å². The molecule has 0 atom stereocenters. The second-order valence-electron chi connectivity index (χ2n) is 5.84. The van der Waals surface area contributed by atoms with Crippen molar-refractivity contribution < 1.29 is 14.3 Å². The number of carbonyl (C=O) groups is 2. The Kier molecular flexibility index (Phi) is 7.17. The summed E-state index contributed by atoms with van der Waals surface area (Å²) < 4.78 is 5.78. The summed E-state index contributed by atoms with van der Waals surface area (Å²) in [5.74, 6) is -0.459. The lowest BCUT2D eigenvalue weighted by Crippen LogP contribution is -2.28. The number of hydrogen-bond acceptors (Lipinski definition) is 4. The molecule has 2 aromatic rings. The van der Waals surface area contributed by atoms with Crippen LogP contribution in [0.5, 0.6) is 0 Å². The fraction of sp³-hybridized carbons (Fsp3) is 0.263. The van der Waals surface area contributed by atoms with Crippen LogP contribution in [0.2, 0.25) is 0 Å². The largest absolute Gasteiger partial charge is 0.383 e. The Balaban J connectivity index is 2.23. The fourth-order valence-corrected chi connectivity index (χ4v) is 2.78. The molecule has 0 spiro atoms. The van der Waals surface area contributed by atoms with Gasteiger partial charge < -0.3 is 20.3 Å². The van der Waals surface area contributed by atoms with Gasteiger partial charge in [-0.25, -0.2) is 0 Å². The molecule has 2 amide bonds. The Hall–Kier alpha value is -2.38. The molecule has 2 N–H and O–H groups in total. The van der Waals surface area contributed by atoms with Crippen molar-refractivity contribution in [3.05, 3.63) is 58.1 Å². The molecule has 2 rings (SSSR count). The first-order valence-electron chi connectivity index (χ1n) is 8.08. The molecule has 138 valence electrons. The van der Waals surface area contributed by atoms with E-state index >= 15 is 0 Å². The lowest BCUT2D eigenvalue weighted by molar-refractivity contribution is 0.0936. The lowest BCUT2D eigenvalue weighted by atomic mass is 10.1. The van der Waals surface area contributed by atoms with Gasteiger partial charge in [0.25, 0.3) is 11.8 Å². The van der Waals surface area contributed by atoms with Gasteiger partial charge in [-0.2, -0.15) is 0 Å². The summed E-state index contributed by atoms with van der Waals surface area (Å²) >= 11 is 3.35. The number of methoxy groups -OCH3 is 1. The zero-order chi connectivity index (χ0) is 19.1. The minimum Gasteiger partial charge on any atom is -0.383 e. The molecular weight excluding hydrogens is 398 g/mol. The zero-order valence-corrected chi connectivity index (χ0v) is 16.6. The Morgan fingerprint density at radius 1 is 1.12 bits per heavy atom. The number of amides is 2. The van der Waals surface area contributed by atoms with E-state index in [-0.39, 0.29) is 11.8 Å². The number of carbonyl (C=O) groups excluding carboxylic acids is 2. The van der Waals surface area contributed by atoms with Gasteiger partial charge in [0.15, 0.2) is 0 Å². The smallest absolute Gasteiger partial charge is 0.255 e. The average Bonchev–Trinajstić information content (AvgIpc) is 2.61. The second-order valence-corrected chi connectivity index (χ2v) is 6.76. The quantitative estimate of drug-likeness (QED) is 0.676. The van der Waals surface area contributed by atoms with Crippen LogP contribution >= 0.6 is 15.9 Å². The maximum atomic E-state index is 12.5. The molecule has 26 heavy (non-hydrogen) atoms. The number of nitrogens with zero attached hydrogens (tertiary/aromatic N) is 1. The van der Waals surface area contributed by atoms with Crippen molar-refractivity contribution in [1.82, 2.24) is 5.32 Å². The van der Waals surface area contributed by atoms with Crippen LogP contribution in [0, 0.1) is 0 Å². The highest BCUT2D eigenvalue weighted by atomic mass is 79.9. The van der Waals surface area contributed by atoms with Crippen LogP contribution < -0.4 is 15.5 Å². The van der Waals surface area contributed by atoms with Crippen LogP contribution in [-0.2, 0) is 4.74 Å². The molecule has 0 bridgehead atoms. The highest BCUT2D eigenvalue weighted by Gasteiger charge is 2.15. The maximum absolute atomic E-state index is 12.5. The maximum Gasteiger partial charge on any atom is 0.255 e. The SMILES string of the molecule is COCCNC(=O)c1cc(NC(=O)c2cccc(Br)c2)ccc1N(C)C. The van der Waals surface area contributed by atoms with Crippen LogP contribution in [0.25, 0.3) is 0 Å². The van der Waals surface area contributed by atoms with E-state index in [2.05, 4.69) is 26.6 Å². The van der Waals surface area contributed by atoms with E-state index in [4.69, 9.17) is 4.74 Å². The fourth-order valence-electron chi connectivity index (χ4n) is 2.38. The number of halogens is 1. The highest BCUT2D eigenvalue weighted by Crippen LogP contribution is 2.23. The summed E-state index contributed by atoms with van der Waals surface area (Å²) in [5.41, 5.74) is 2.33. The van der Waals surface area contributed by atoms with E-state index < -0.39 is 0 Å². The number of anilines is 2. The molecule has 7 heteroatoms. The Morgan fingerprint density at radius 3 is 2.54 bits per heavy atom. The van der Waals surface area contributed by atoms with Gasteiger partial charge in [0, 0.05) is 49.2 Å². The van der Waals surface area contributed by atoms with E-state index in [0.29, 0.717) is 30.0 Å². The molecule has 0 unspecified atom stereocenters. The first-order chi connectivity index (χ1) is 12.4. The summed E-state index contributed by atoms with van der Waals surface area (Å²) in [4.78, 5) is 26.8. The second kappa shape index (κ2) is 9.35. The monoisotopic (exact) mass is 419 g/mol. The molecule has 0 aliphatic rings. The van der Waals surface area contributed by atoms with Crippen molar-refractivity contribution in [3.8, 4) is 0 Å². The van der Waals surface area contributed by atoms with Gasteiger partial charge >= 0.3 is 0 Å². The molecule has 0 heterocycles. The minimum atomic E-state index is -0.241. The normalized spacial score (nSPS) is 10.3. The molecule has 0 aliphatic heterocycles. The zero-order valence-electron chi connectivity index (χ0n) is 15.0. The van der Waals surface area contributed by atoms with Crippen LogP contribution in [0.15, 0.2) is 46.9 Å². The highest BCUT2D eigenvalue weighted by molar-refractivity contribution is 9.10. The van der Waals surface area contributed by atoms with E-state index in [1.165, 1.54) is 0 Å². The molecule has 2 aromatic carbocycles. The summed E-state index contributed by atoms with van der Waals surface area (Å²) in [6, 6.07) is 12.4. The number of rotatable bonds is 7. The van der Waals surface area contributed by atoms with Crippen molar-refractivity contribution in [2.24, 2.45) is 0 Å². The van der Waals surface area contributed by atoms with Crippen LogP contribution in [0.4, 0.5) is 11.4 Å². The first-order valence-corrected chi connectivity index (χ1v) is 8.87. The standard InChI is InChI=1S/C19H22BrN3O3/c1-23(2)17-8-7-15(12-16(17)19(25)21-9-10-26-3)22-18(24)13-5-4-6-14(20)11-13/h4-8,11-12H,9-10H2,1-3H3,(H,21,25)(H,22,24). The summed E-state index contributed by atoms with van der Waals surface area (Å²) in [7, 11) is 5.30. The first kappa shape index (κ1) is 19.9. The minimum absolute atomic E-state index is 0.218. The predicted molar refractivity (Wildman–Crippen MR) is 107 cm³/mol. The van der Waals surface area contributed by atoms with Gasteiger partial charge in [0.1, 0.15) is 0 Å². The molecule has 0 saturated carbocycles. The Morgan fingerprint density at radius 2 is 1.88 bits per heavy atom. The number of ether oxygens (including phenoxy) is 1. The summed E-state index contributed by atoms with van der Waals surface area (Å²) in [6.45, 7) is 0.846. The Bertz CT molecular complexity index is 793. The molecule has 0 aromatic heterocycles. The van der Waals surface area contributed by atoms with Crippen molar-refractivity contribution in [2.45, 2.75) is 0 Å². The van der Waals surface area contributed by atoms with Gasteiger partial charge in [0.2, 0.25) is 0 Å². The van der Waals surface area contributed by atoms with Gasteiger partial charge in [-0.05, 0) is 36.4 Å². The number of benzene rings is 2. The van der Waals surface area contributed by atoms with Gasteiger partial charge in [0.05, 0.1) is 12.2 Å². The molecule has 0 fully saturated rings. The topological polar surface area (TPSA) is 70.7 Å². The average molecular weight is 420 g/mol. The van der Waals surface area contributed by atoms with E-state index in [1.807, 2.05) is 31.1 Å².